The van der Waals surface area contributed by atoms with Gasteiger partial charge in [-0.15, -0.1) is 0 Å². The third-order valence-electron chi connectivity index (χ3n) is 2.35. The number of nitrogens with zero attached hydrogens (tertiary/aromatic N) is 3. The van der Waals surface area contributed by atoms with Crippen LogP contribution in [-0.2, 0) is 13.5 Å². The molecule has 0 amide bonds. The van der Waals surface area contributed by atoms with Crippen molar-refractivity contribution in [1.82, 2.24) is 14.8 Å². The van der Waals surface area contributed by atoms with Crippen molar-refractivity contribution in [2.75, 3.05) is 6.54 Å². The second-order valence-corrected chi connectivity index (χ2v) is 3.64. The first-order chi connectivity index (χ1) is 8.11. The van der Waals surface area contributed by atoms with Crippen molar-refractivity contribution < 1.29 is 8.78 Å². The van der Waals surface area contributed by atoms with Gasteiger partial charge >= 0.3 is 0 Å². The minimum atomic E-state index is -0.897. The van der Waals surface area contributed by atoms with Crippen molar-refractivity contribution in [3.63, 3.8) is 0 Å². The average Bonchev–Trinajstić information content (AvgIpc) is 2.64. The monoisotopic (exact) mass is 238 g/mol. The van der Waals surface area contributed by atoms with Crippen LogP contribution in [-0.4, -0.2) is 21.3 Å². The molecule has 0 aliphatic rings. The number of benzene rings is 1. The molecule has 2 rings (SSSR count). The van der Waals surface area contributed by atoms with Gasteiger partial charge in [0.1, 0.15) is 0 Å². The molecule has 0 bridgehead atoms. The smallest absolute Gasteiger partial charge is 0.159 e. The molecule has 0 radical (unpaired) electrons. The summed E-state index contributed by atoms with van der Waals surface area (Å²) in [6.45, 7) is 0.446. The Bertz CT molecular complexity index is 536. The zero-order valence-electron chi connectivity index (χ0n) is 9.32. The molecular weight excluding hydrogens is 226 g/mol. The van der Waals surface area contributed by atoms with Crippen LogP contribution in [0.4, 0.5) is 8.78 Å². The van der Waals surface area contributed by atoms with Crippen molar-refractivity contribution in [1.29, 1.82) is 0 Å². The fourth-order valence-corrected chi connectivity index (χ4v) is 1.56. The molecule has 0 aliphatic carbocycles. The van der Waals surface area contributed by atoms with Crippen molar-refractivity contribution in [2.24, 2.45) is 12.8 Å². The van der Waals surface area contributed by atoms with Gasteiger partial charge in [0.2, 0.25) is 0 Å². The molecule has 0 spiro atoms. The zero-order chi connectivity index (χ0) is 12.4. The van der Waals surface area contributed by atoms with Crippen LogP contribution in [0.25, 0.3) is 11.4 Å². The van der Waals surface area contributed by atoms with Crippen molar-refractivity contribution >= 4 is 0 Å². The maximum Gasteiger partial charge on any atom is 0.159 e. The summed E-state index contributed by atoms with van der Waals surface area (Å²) < 4.78 is 27.4. The lowest BCUT2D eigenvalue weighted by atomic mass is 10.2. The van der Waals surface area contributed by atoms with Gasteiger partial charge in [0.25, 0.3) is 0 Å². The molecule has 0 saturated carbocycles. The lowest BCUT2D eigenvalue weighted by molar-refractivity contribution is 0.509. The van der Waals surface area contributed by atoms with Gasteiger partial charge in [0.05, 0.1) is 0 Å². The maximum absolute atomic E-state index is 13.1. The predicted molar refractivity (Wildman–Crippen MR) is 59.1 cm³/mol. The summed E-state index contributed by atoms with van der Waals surface area (Å²) in [5, 5.41) is 4.14. The molecule has 1 aromatic carbocycles. The van der Waals surface area contributed by atoms with Crippen LogP contribution in [0.2, 0.25) is 0 Å². The summed E-state index contributed by atoms with van der Waals surface area (Å²) >= 11 is 0. The Balaban J connectivity index is 2.41. The van der Waals surface area contributed by atoms with E-state index in [0.29, 0.717) is 30.2 Å². The highest BCUT2D eigenvalue weighted by Gasteiger charge is 2.11. The summed E-state index contributed by atoms with van der Waals surface area (Å²) in [6.07, 6.45) is 0.553. The summed E-state index contributed by atoms with van der Waals surface area (Å²) in [7, 11) is 1.70. The average molecular weight is 238 g/mol. The number of rotatable bonds is 3. The fraction of sp³-hybridized carbons (Fsp3) is 0.273. The van der Waals surface area contributed by atoms with E-state index in [9.17, 15) is 8.78 Å². The molecule has 6 heteroatoms. The van der Waals surface area contributed by atoms with Gasteiger partial charge in [-0.3, -0.25) is 0 Å². The Kier molecular flexibility index (Phi) is 3.14. The highest BCUT2D eigenvalue weighted by atomic mass is 19.2. The van der Waals surface area contributed by atoms with Gasteiger partial charge in [-0.25, -0.2) is 18.4 Å². The lowest BCUT2D eigenvalue weighted by Gasteiger charge is -2.00. The summed E-state index contributed by atoms with van der Waals surface area (Å²) in [6, 6.07) is 3.64. The minimum Gasteiger partial charge on any atom is -0.330 e. The van der Waals surface area contributed by atoms with Crippen molar-refractivity contribution in [2.45, 2.75) is 6.42 Å². The largest absolute Gasteiger partial charge is 0.330 e. The third-order valence-corrected chi connectivity index (χ3v) is 2.35. The molecule has 0 atom stereocenters. The molecule has 17 heavy (non-hydrogen) atoms. The molecule has 2 N–H and O–H groups in total. The number of aryl methyl sites for hydroxylation is 1. The number of hydrogen-bond donors (Lipinski definition) is 1. The molecule has 1 aromatic heterocycles. The Morgan fingerprint density at radius 2 is 2.06 bits per heavy atom. The van der Waals surface area contributed by atoms with Crippen LogP contribution in [0.5, 0.6) is 0 Å². The van der Waals surface area contributed by atoms with Crippen molar-refractivity contribution in [3.05, 3.63) is 35.7 Å². The third kappa shape index (κ3) is 2.31. The normalized spacial score (nSPS) is 10.8. The van der Waals surface area contributed by atoms with E-state index in [1.54, 1.807) is 7.05 Å². The van der Waals surface area contributed by atoms with E-state index in [2.05, 4.69) is 10.1 Å². The zero-order valence-corrected chi connectivity index (χ0v) is 9.32. The molecule has 4 nitrogen and oxygen atoms in total. The van der Waals surface area contributed by atoms with Crippen LogP contribution < -0.4 is 5.73 Å². The number of nitrogens with two attached hydrogens (primary N) is 1. The topological polar surface area (TPSA) is 56.7 Å². The highest BCUT2D eigenvalue weighted by molar-refractivity contribution is 5.55. The van der Waals surface area contributed by atoms with E-state index < -0.39 is 11.6 Å². The summed E-state index contributed by atoms with van der Waals surface area (Å²) in [5.74, 6) is -0.689. The van der Waals surface area contributed by atoms with Crippen LogP contribution in [0.3, 0.4) is 0 Å². The van der Waals surface area contributed by atoms with E-state index in [4.69, 9.17) is 5.73 Å². The predicted octanol–water partition coefficient (Wildman–Crippen LogP) is 1.26. The van der Waals surface area contributed by atoms with Gasteiger partial charge in [-0.05, 0) is 24.7 Å². The van der Waals surface area contributed by atoms with E-state index in [0.717, 1.165) is 12.1 Å². The van der Waals surface area contributed by atoms with E-state index >= 15 is 0 Å². The second kappa shape index (κ2) is 4.58. The molecule has 90 valence electrons. The Morgan fingerprint density at radius 1 is 1.29 bits per heavy atom. The molecule has 2 aromatic rings. The van der Waals surface area contributed by atoms with Crippen LogP contribution >= 0.6 is 0 Å². The number of aromatic nitrogens is 3. The quantitative estimate of drug-likeness (QED) is 0.875. The van der Waals surface area contributed by atoms with E-state index in [-0.39, 0.29) is 0 Å². The van der Waals surface area contributed by atoms with Crippen LogP contribution in [0.1, 0.15) is 5.82 Å². The van der Waals surface area contributed by atoms with E-state index in [1.165, 1.54) is 10.7 Å². The summed E-state index contributed by atoms with van der Waals surface area (Å²) in [4.78, 5) is 4.22. The molecule has 0 unspecified atom stereocenters. The standard InChI is InChI=1S/C11H12F2N4/c1-17-11(15-10(16-17)4-5-14)7-2-3-8(12)9(13)6-7/h2-3,6H,4-5,14H2,1H3. The number of halogens is 2. The second-order valence-electron chi connectivity index (χ2n) is 3.64. The van der Waals surface area contributed by atoms with E-state index in [1.807, 2.05) is 0 Å². The molecule has 0 saturated heterocycles. The lowest BCUT2D eigenvalue weighted by Crippen LogP contribution is -2.04. The van der Waals surface area contributed by atoms with Gasteiger partial charge in [-0.2, -0.15) is 5.10 Å². The molecular formula is C11H12F2N4. The number of hydrogen-bond acceptors (Lipinski definition) is 3. The van der Waals surface area contributed by atoms with Crippen molar-refractivity contribution in [3.8, 4) is 11.4 Å². The van der Waals surface area contributed by atoms with Gasteiger partial charge in [0, 0.05) is 19.0 Å². The van der Waals surface area contributed by atoms with Crippen LogP contribution in [0.15, 0.2) is 18.2 Å². The SMILES string of the molecule is Cn1nc(CCN)nc1-c1ccc(F)c(F)c1. The van der Waals surface area contributed by atoms with Gasteiger partial charge in [-0.1, -0.05) is 0 Å². The summed E-state index contributed by atoms with van der Waals surface area (Å²) in [5.41, 5.74) is 5.89. The first-order valence-electron chi connectivity index (χ1n) is 5.17. The molecule has 0 aliphatic heterocycles. The Labute approximate surface area is 97.1 Å². The van der Waals surface area contributed by atoms with Crippen LogP contribution in [0, 0.1) is 11.6 Å². The Hall–Kier alpha value is -1.82. The van der Waals surface area contributed by atoms with Gasteiger partial charge in [0.15, 0.2) is 23.3 Å². The fourth-order valence-electron chi connectivity index (χ4n) is 1.56. The Morgan fingerprint density at radius 3 is 2.71 bits per heavy atom. The highest BCUT2D eigenvalue weighted by Crippen LogP contribution is 2.19. The van der Waals surface area contributed by atoms with Gasteiger partial charge < -0.3 is 5.73 Å². The molecule has 1 heterocycles. The first kappa shape index (κ1) is 11.7. The maximum atomic E-state index is 13.1. The first-order valence-corrected chi connectivity index (χ1v) is 5.17. The molecule has 0 fully saturated rings. The minimum absolute atomic E-state index is 0.446.